The molecule has 37 heavy (non-hydrogen) atoms. The van der Waals surface area contributed by atoms with Crippen LogP contribution in [0, 0.1) is 45.5 Å². The number of ether oxygens (including phenoxy) is 1. The molecule has 2 heterocycles. The number of rotatable bonds is 3. The number of nitro benzene ring substituents is 1. The van der Waals surface area contributed by atoms with E-state index in [0.717, 1.165) is 0 Å². The quantitative estimate of drug-likeness (QED) is 0.272. The van der Waals surface area contributed by atoms with Crippen molar-refractivity contribution >= 4 is 45.8 Å². The maximum absolute atomic E-state index is 14.4. The van der Waals surface area contributed by atoms with Crippen LogP contribution in [0.3, 0.4) is 0 Å². The summed E-state index contributed by atoms with van der Waals surface area (Å²) in [6, 6.07) is 7.35. The van der Waals surface area contributed by atoms with E-state index in [-0.39, 0.29) is 51.6 Å². The van der Waals surface area contributed by atoms with Crippen LogP contribution >= 0.6 is 11.6 Å². The van der Waals surface area contributed by atoms with Crippen molar-refractivity contribution in [2.75, 3.05) is 18.4 Å². The highest BCUT2D eigenvalue weighted by Gasteiger charge is 2.56. The van der Waals surface area contributed by atoms with Crippen molar-refractivity contribution < 1.29 is 18.8 Å². The number of carbonyl (C=O) groups is 1. The number of benzene rings is 2. The zero-order valence-corrected chi connectivity index (χ0v) is 21.0. The van der Waals surface area contributed by atoms with Gasteiger partial charge >= 0.3 is 6.09 Å². The Bertz CT molecular complexity index is 1480. The fourth-order valence-corrected chi connectivity index (χ4v) is 4.72. The summed E-state index contributed by atoms with van der Waals surface area (Å²) in [5, 5.41) is 15.0. The SMILES string of the molecule is CC(C)(C)OC(=O)N1CC2C(C#Cc3cc4ncnc(Nc5cccc(Cl)c5F)c4cc3[N+](=O)[O-])C2C1. The number of likely N-dealkylation sites (tertiary alicyclic amines) is 1. The molecule has 9 nitrogen and oxygen atoms in total. The second-order valence-electron chi connectivity index (χ2n) is 10.1. The molecule has 1 saturated heterocycles. The summed E-state index contributed by atoms with van der Waals surface area (Å²) in [6.07, 6.45) is 0.950. The molecule has 190 valence electrons. The zero-order valence-electron chi connectivity index (χ0n) is 20.3. The van der Waals surface area contributed by atoms with Gasteiger partial charge in [-0.3, -0.25) is 10.1 Å². The number of amides is 1. The molecule has 2 aliphatic rings. The maximum atomic E-state index is 14.4. The van der Waals surface area contributed by atoms with Gasteiger partial charge in [-0.15, -0.1) is 0 Å². The lowest BCUT2D eigenvalue weighted by molar-refractivity contribution is -0.385. The molecular formula is C26H23ClFN5O4. The Balaban J connectivity index is 1.38. The molecule has 11 heteroatoms. The highest BCUT2D eigenvalue weighted by atomic mass is 35.5. The lowest BCUT2D eigenvalue weighted by Crippen LogP contribution is -2.37. The molecule has 1 aromatic heterocycles. The molecule has 1 N–H and O–H groups in total. The Morgan fingerprint density at radius 2 is 2.00 bits per heavy atom. The van der Waals surface area contributed by atoms with E-state index in [9.17, 15) is 19.3 Å². The van der Waals surface area contributed by atoms with E-state index >= 15 is 0 Å². The molecular weight excluding hydrogens is 501 g/mol. The Morgan fingerprint density at radius 3 is 2.68 bits per heavy atom. The summed E-state index contributed by atoms with van der Waals surface area (Å²) in [5.41, 5.74) is -0.0309. The summed E-state index contributed by atoms with van der Waals surface area (Å²) in [7, 11) is 0. The van der Waals surface area contributed by atoms with Gasteiger partial charge in [0.1, 0.15) is 23.3 Å². The molecule has 3 aromatic rings. The molecule has 0 bridgehead atoms. The number of hydrogen-bond acceptors (Lipinski definition) is 7. The van der Waals surface area contributed by atoms with Crippen LogP contribution in [0.4, 0.5) is 26.4 Å². The standard InChI is InChI=1S/C26H23ClFN5O4/c1-26(2,3)37-25(34)32-11-17-15(18(17)12-32)8-7-14-9-21-16(10-22(14)33(35)36)24(30-13-29-21)31-20-6-4-5-19(27)23(20)28/h4-6,9-10,13,15,17-18H,11-12H2,1-3H3,(H,29,30,31). The molecule has 1 aliphatic carbocycles. The molecule has 5 rings (SSSR count). The average Bonchev–Trinajstić information content (AvgIpc) is 3.26. The van der Waals surface area contributed by atoms with Crippen molar-refractivity contribution in [3.8, 4) is 11.8 Å². The average molecular weight is 524 g/mol. The molecule has 2 fully saturated rings. The van der Waals surface area contributed by atoms with Crippen LogP contribution in [0.1, 0.15) is 26.3 Å². The van der Waals surface area contributed by atoms with Crippen molar-refractivity contribution in [2.24, 2.45) is 17.8 Å². The minimum atomic E-state index is -0.659. The zero-order chi connectivity index (χ0) is 26.5. The number of nitrogens with one attached hydrogen (secondary N) is 1. The first kappa shape index (κ1) is 24.7. The van der Waals surface area contributed by atoms with Crippen LogP contribution in [-0.2, 0) is 4.74 Å². The van der Waals surface area contributed by atoms with Crippen molar-refractivity contribution in [3.63, 3.8) is 0 Å². The Kier molecular flexibility index (Phi) is 6.12. The maximum Gasteiger partial charge on any atom is 0.410 e. The number of halogens is 2. The van der Waals surface area contributed by atoms with Gasteiger partial charge in [-0.1, -0.05) is 29.5 Å². The Labute approximate surface area is 217 Å². The molecule has 2 atom stereocenters. The summed E-state index contributed by atoms with van der Waals surface area (Å²) in [4.78, 5) is 33.7. The van der Waals surface area contributed by atoms with E-state index < -0.39 is 16.3 Å². The van der Waals surface area contributed by atoms with Gasteiger partial charge in [-0.05, 0) is 50.8 Å². The van der Waals surface area contributed by atoms with Gasteiger partial charge in [0.25, 0.3) is 5.69 Å². The van der Waals surface area contributed by atoms with Crippen LogP contribution in [0.2, 0.25) is 5.02 Å². The van der Waals surface area contributed by atoms with E-state index in [0.29, 0.717) is 24.0 Å². The topological polar surface area (TPSA) is 110 Å². The summed E-state index contributed by atoms with van der Waals surface area (Å²) in [5.74, 6) is 6.17. The third-order valence-electron chi connectivity index (χ3n) is 6.37. The predicted octanol–water partition coefficient (Wildman–Crippen LogP) is 5.54. The Hall–Kier alpha value is -3.97. The lowest BCUT2D eigenvalue weighted by Gasteiger charge is -2.25. The van der Waals surface area contributed by atoms with Gasteiger partial charge in [0.2, 0.25) is 0 Å². The first-order valence-electron chi connectivity index (χ1n) is 11.7. The fourth-order valence-electron chi connectivity index (χ4n) is 4.55. The lowest BCUT2D eigenvalue weighted by atomic mass is 10.1. The van der Waals surface area contributed by atoms with E-state index in [2.05, 4.69) is 27.1 Å². The van der Waals surface area contributed by atoms with E-state index in [1.165, 1.54) is 30.6 Å². The van der Waals surface area contributed by atoms with E-state index in [1.807, 2.05) is 20.8 Å². The number of carbonyl (C=O) groups excluding carboxylic acids is 1. The van der Waals surface area contributed by atoms with Gasteiger partial charge in [-0.25, -0.2) is 19.2 Å². The number of nitro groups is 1. The molecule has 0 spiro atoms. The molecule has 2 unspecified atom stereocenters. The highest BCUT2D eigenvalue weighted by molar-refractivity contribution is 6.31. The number of anilines is 2. The smallest absolute Gasteiger partial charge is 0.410 e. The van der Waals surface area contributed by atoms with Gasteiger partial charge in [0.15, 0.2) is 5.82 Å². The largest absolute Gasteiger partial charge is 0.444 e. The monoisotopic (exact) mass is 523 g/mol. The van der Waals surface area contributed by atoms with Gasteiger partial charge in [-0.2, -0.15) is 0 Å². The molecule has 1 aliphatic heterocycles. The number of aromatic nitrogens is 2. The van der Waals surface area contributed by atoms with Gasteiger partial charge < -0.3 is 15.0 Å². The van der Waals surface area contributed by atoms with Crippen molar-refractivity contribution in [1.82, 2.24) is 14.9 Å². The third kappa shape index (κ3) is 5.00. The van der Waals surface area contributed by atoms with Crippen LogP contribution in [0.5, 0.6) is 0 Å². The first-order chi connectivity index (χ1) is 17.5. The van der Waals surface area contributed by atoms with Gasteiger partial charge in [0, 0.05) is 30.5 Å². The van der Waals surface area contributed by atoms with Crippen molar-refractivity contribution in [1.29, 1.82) is 0 Å². The first-order valence-corrected chi connectivity index (χ1v) is 12.0. The van der Waals surface area contributed by atoms with E-state index in [1.54, 1.807) is 11.0 Å². The highest BCUT2D eigenvalue weighted by Crippen LogP contribution is 2.51. The molecule has 1 amide bonds. The second kappa shape index (κ2) is 9.16. The molecule has 2 aromatic carbocycles. The molecule has 1 saturated carbocycles. The van der Waals surface area contributed by atoms with Crippen LogP contribution in [0.15, 0.2) is 36.7 Å². The number of fused-ring (bicyclic) bond motifs is 2. The molecule has 0 radical (unpaired) electrons. The van der Waals surface area contributed by atoms with E-state index in [4.69, 9.17) is 16.3 Å². The number of hydrogen-bond donors (Lipinski definition) is 1. The number of nitrogens with zero attached hydrogens (tertiary/aromatic N) is 4. The summed E-state index contributed by atoms with van der Waals surface area (Å²) >= 11 is 5.86. The van der Waals surface area contributed by atoms with Gasteiger partial charge in [0.05, 0.1) is 21.2 Å². The van der Waals surface area contributed by atoms with Crippen molar-refractivity contribution in [3.05, 3.63) is 63.2 Å². The minimum absolute atomic E-state index is 0.0578. The Morgan fingerprint density at radius 1 is 1.27 bits per heavy atom. The van der Waals surface area contributed by atoms with Crippen molar-refractivity contribution in [2.45, 2.75) is 26.4 Å². The predicted molar refractivity (Wildman–Crippen MR) is 136 cm³/mol. The van der Waals surface area contributed by atoms with Crippen LogP contribution in [-0.4, -0.2) is 44.6 Å². The minimum Gasteiger partial charge on any atom is -0.444 e. The van der Waals surface area contributed by atoms with Crippen LogP contribution < -0.4 is 5.32 Å². The summed E-state index contributed by atoms with van der Waals surface area (Å²) in [6.45, 7) is 6.59. The summed E-state index contributed by atoms with van der Waals surface area (Å²) < 4.78 is 19.8. The fraction of sp³-hybridized carbons (Fsp3) is 0.346. The van der Waals surface area contributed by atoms with Crippen LogP contribution in [0.25, 0.3) is 10.9 Å². The number of piperidine rings is 1. The third-order valence-corrected chi connectivity index (χ3v) is 6.67. The second-order valence-corrected chi connectivity index (χ2v) is 10.5. The normalized spacial score (nSPS) is 20.1.